The van der Waals surface area contributed by atoms with Crippen LogP contribution in [0.3, 0.4) is 0 Å². The van der Waals surface area contributed by atoms with Gasteiger partial charge in [0, 0.05) is 30.9 Å². The van der Waals surface area contributed by atoms with Gasteiger partial charge in [0.15, 0.2) is 0 Å². The number of carbonyl (C=O) groups excluding carboxylic acids is 2. The van der Waals surface area contributed by atoms with Crippen molar-refractivity contribution in [2.24, 2.45) is 5.10 Å². The molecule has 2 amide bonds. The summed E-state index contributed by atoms with van der Waals surface area (Å²) in [4.78, 5) is 26.8. The van der Waals surface area contributed by atoms with E-state index in [4.69, 9.17) is 0 Å². The summed E-state index contributed by atoms with van der Waals surface area (Å²) in [5.41, 5.74) is 3.30. The average molecular weight is 310 g/mol. The second-order valence-electron chi connectivity index (χ2n) is 4.61. The molecule has 21 heavy (non-hydrogen) atoms. The topological polar surface area (TPSA) is 112 Å². The fraction of sp³-hybridized carbons (Fsp3) is 0.583. The molecule has 0 saturated heterocycles. The lowest BCUT2D eigenvalue weighted by atomic mass is 10.1. The number of nitrogens with zero attached hydrogens (tertiary/aromatic N) is 3. The van der Waals surface area contributed by atoms with E-state index in [1.807, 2.05) is 6.92 Å². The zero-order valence-electron chi connectivity index (χ0n) is 11.8. The van der Waals surface area contributed by atoms with Crippen LogP contribution in [0, 0.1) is 6.92 Å². The number of carbonyl (C=O) groups is 2. The molecular formula is C12H18N6O2S. The minimum absolute atomic E-state index is 0.0126. The molecule has 0 fully saturated rings. The van der Waals surface area contributed by atoms with E-state index in [2.05, 4.69) is 31.0 Å². The van der Waals surface area contributed by atoms with Crippen molar-refractivity contribution in [1.29, 1.82) is 0 Å². The minimum Gasteiger partial charge on any atom is -0.355 e. The first-order valence-electron chi connectivity index (χ1n) is 6.76. The molecule has 2 rings (SSSR count). The molecule has 114 valence electrons. The number of thioether (sulfide) groups is 1. The van der Waals surface area contributed by atoms with Gasteiger partial charge in [0.25, 0.3) is 0 Å². The third-order valence-electron chi connectivity index (χ3n) is 2.85. The summed E-state index contributed by atoms with van der Waals surface area (Å²) in [6, 6.07) is 0. The maximum absolute atomic E-state index is 11.7. The number of aryl methyl sites for hydroxylation is 1. The van der Waals surface area contributed by atoms with Crippen LogP contribution in [0.5, 0.6) is 0 Å². The Balaban J connectivity index is 1.56. The average Bonchev–Trinajstić information content (AvgIpc) is 2.89. The Morgan fingerprint density at radius 1 is 1.43 bits per heavy atom. The Morgan fingerprint density at radius 3 is 2.95 bits per heavy atom. The quantitative estimate of drug-likeness (QED) is 0.497. The molecule has 9 heteroatoms. The first kappa shape index (κ1) is 15.5. The van der Waals surface area contributed by atoms with Gasteiger partial charge >= 0.3 is 0 Å². The predicted octanol–water partition coefficient (Wildman–Crippen LogP) is 0.368. The number of rotatable bonds is 7. The lowest BCUT2D eigenvalue weighted by Crippen LogP contribution is -2.28. The van der Waals surface area contributed by atoms with Gasteiger partial charge in [0.05, 0.1) is 0 Å². The molecule has 0 aliphatic carbocycles. The van der Waals surface area contributed by atoms with E-state index in [-0.39, 0.29) is 11.8 Å². The largest absolute Gasteiger partial charge is 0.355 e. The third kappa shape index (κ3) is 5.54. The van der Waals surface area contributed by atoms with Crippen molar-refractivity contribution in [3.05, 3.63) is 5.82 Å². The van der Waals surface area contributed by atoms with E-state index in [9.17, 15) is 9.59 Å². The van der Waals surface area contributed by atoms with Crippen LogP contribution in [0.15, 0.2) is 10.3 Å². The van der Waals surface area contributed by atoms with Gasteiger partial charge in [-0.3, -0.25) is 14.7 Å². The number of aromatic nitrogens is 3. The minimum atomic E-state index is -0.0672. The van der Waals surface area contributed by atoms with Crippen molar-refractivity contribution in [2.75, 3.05) is 12.3 Å². The molecule has 8 nitrogen and oxygen atoms in total. The number of hydrogen-bond acceptors (Lipinski definition) is 6. The number of hydrogen-bond donors (Lipinski definition) is 3. The van der Waals surface area contributed by atoms with Crippen molar-refractivity contribution in [1.82, 2.24) is 25.9 Å². The highest BCUT2D eigenvalue weighted by atomic mass is 32.2. The molecule has 0 spiro atoms. The van der Waals surface area contributed by atoms with Gasteiger partial charge in [0.1, 0.15) is 5.82 Å². The molecule has 0 radical (unpaired) electrons. The standard InChI is InChI=1S/C12H18N6O2S/c1-8-14-12(18-15-8)21-7-6-13-10(19)4-2-9-3-5-11(20)17-16-9/h2-7H2,1H3,(H,13,19)(H,17,20)(H,14,15,18). The number of aromatic amines is 1. The molecule has 2 heterocycles. The lowest BCUT2D eigenvalue weighted by Gasteiger charge is -2.11. The van der Waals surface area contributed by atoms with Crippen LogP contribution in [0.1, 0.15) is 31.5 Å². The van der Waals surface area contributed by atoms with Crippen LogP contribution in [0.2, 0.25) is 0 Å². The van der Waals surface area contributed by atoms with E-state index in [1.54, 1.807) is 0 Å². The van der Waals surface area contributed by atoms with Crippen LogP contribution < -0.4 is 10.7 Å². The van der Waals surface area contributed by atoms with E-state index in [0.717, 1.165) is 17.3 Å². The normalized spacial score (nSPS) is 14.5. The fourth-order valence-electron chi connectivity index (χ4n) is 1.76. The summed E-state index contributed by atoms with van der Waals surface area (Å²) < 4.78 is 0. The molecule has 0 unspecified atom stereocenters. The predicted molar refractivity (Wildman–Crippen MR) is 78.9 cm³/mol. The number of amides is 2. The van der Waals surface area contributed by atoms with Gasteiger partial charge in [-0.2, -0.15) is 5.10 Å². The van der Waals surface area contributed by atoms with Gasteiger partial charge in [-0.1, -0.05) is 11.8 Å². The third-order valence-corrected chi connectivity index (χ3v) is 3.70. The number of nitrogens with one attached hydrogen (secondary N) is 3. The van der Waals surface area contributed by atoms with Gasteiger partial charge in [0.2, 0.25) is 17.0 Å². The zero-order chi connectivity index (χ0) is 15.1. The lowest BCUT2D eigenvalue weighted by molar-refractivity contribution is -0.121. The number of H-pyrrole nitrogens is 1. The summed E-state index contributed by atoms with van der Waals surface area (Å²) in [6.07, 6.45) is 2.06. The molecular weight excluding hydrogens is 292 g/mol. The van der Waals surface area contributed by atoms with Crippen molar-refractivity contribution < 1.29 is 9.59 Å². The molecule has 0 saturated carbocycles. The van der Waals surface area contributed by atoms with Crippen LogP contribution in [0.25, 0.3) is 0 Å². The Hall–Kier alpha value is -1.90. The summed E-state index contributed by atoms with van der Waals surface area (Å²) in [5.74, 6) is 1.42. The monoisotopic (exact) mass is 310 g/mol. The van der Waals surface area contributed by atoms with Crippen LogP contribution in [-0.2, 0) is 9.59 Å². The Labute approximate surface area is 126 Å². The van der Waals surface area contributed by atoms with Crippen LogP contribution >= 0.6 is 11.8 Å². The summed E-state index contributed by atoms with van der Waals surface area (Å²) in [6.45, 7) is 2.41. The van der Waals surface area contributed by atoms with Crippen molar-refractivity contribution in [3.63, 3.8) is 0 Å². The van der Waals surface area contributed by atoms with E-state index in [0.29, 0.717) is 37.4 Å². The highest BCUT2D eigenvalue weighted by Gasteiger charge is 2.12. The highest BCUT2D eigenvalue weighted by molar-refractivity contribution is 7.99. The van der Waals surface area contributed by atoms with Gasteiger partial charge in [-0.05, 0) is 19.8 Å². The Morgan fingerprint density at radius 2 is 2.29 bits per heavy atom. The second kappa shape index (κ2) is 7.77. The summed E-state index contributed by atoms with van der Waals surface area (Å²) >= 11 is 1.49. The molecule has 0 bridgehead atoms. The zero-order valence-corrected chi connectivity index (χ0v) is 12.6. The molecule has 1 aliphatic heterocycles. The molecule has 3 N–H and O–H groups in total. The smallest absolute Gasteiger partial charge is 0.240 e. The van der Waals surface area contributed by atoms with Gasteiger partial charge in [-0.15, -0.1) is 5.10 Å². The maximum Gasteiger partial charge on any atom is 0.240 e. The van der Waals surface area contributed by atoms with Crippen LogP contribution in [-0.4, -0.2) is 45.0 Å². The summed E-state index contributed by atoms with van der Waals surface area (Å²) in [7, 11) is 0. The molecule has 1 aromatic rings. The van der Waals surface area contributed by atoms with Gasteiger partial charge < -0.3 is 5.32 Å². The van der Waals surface area contributed by atoms with Crippen molar-refractivity contribution >= 4 is 29.3 Å². The maximum atomic E-state index is 11.7. The highest BCUT2D eigenvalue weighted by Crippen LogP contribution is 2.10. The van der Waals surface area contributed by atoms with E-state index < -0.39 is 0 Å². The van der Waals surface area contributed by atoms with Crippen molar-refractivity contribution in [2.45, 2.75) is 37.8 Å². The Kier molecular flexibility index (Phi) is 5.73. The molecule has 1 aliphatic rings. The molecule has 1 aromatic heterocycles. The van der Waals surface area contributed by atoms with E-state index in [1.165, 1.54) is 11.8 Å². The molecule has 0 aromatic carbocycles. The first-order valence-corrected chi connectivity index (χ1v) is 7.75. The van der Waals surface area contributed by atoms with Gasteiger partial charge in [-0.25, -0.2) is 10.4 Å². The molecule has 0 atom stereocenters. The summed E-state index contributed by atoms with van der Waals surface area (Å²) in [5, 5.41) is 14.2. The second-order valence-corrected chi connectivity index (χ2v) is 5.68. The Bertz CT molecular complexity index is 542. The first-order chi connectivity index (χ1) is 10.1. The number of hydrazone groups is 1. The van der Waals surface area contributed by atoms with Crippen LogP contribution in [0.4, 0.5) is 0 Å². The SMILES string of the molecule is Cc1nc(SCCNC(=O)CCC2=NNC(=O)CC2)n[nH]1. The fourth-order valence-corrected chi connectivity index (χ4v) is 2.46. The van der Waals surface area contributed by atoms with Crippen molar-refractivity contribution in [3.8, 4) is 0 Å². The van der Waals surface area contributed by atoms with E-state index >= 15 is 0 Å².